The molecule has 0 aliphatic carbocycles. The van der Waals surface area contributed by atoms with Gasteiger partial charge in [-0.05, 0) is 48.6 Å². The number of hydrogen-bond donors (Lipinski definition) is 1. The van der Waals surface area contributed by atoms with Gasteiger partial charge in [0.2, 0.25) is 0 Å². The van der Waals surface area contributed by atoms with Crippen molar-refractivity contribution in [1.29, 1.82) is 0 Å². The minimum absolute atomic E-state index is 0.131. The highest BCUT2D eigenvalue weighted by molar-refractivity contribution is 7.99. The van der Waals surface area contributed by atoms with Crippen LogP contribution < -0.4 is 10.1 Å². The molecular formula is C20H20N2O2S2. The molecule has 1 heterocycles. The van der Waals surface area contributed by atoms with Crippen LogP contribution in [0.1, 0.15) is 22.8 Å². The largest absolute Gasteiger partial charge is 0.496 e. The molecule has 3 aromatic rings. The van der Waals surface area contributed by atoms with E-state index in [0.29, 0.717) is 10.7 Å². The summed E-state index contributed by atoms with van der Waals surface area (Å²) in [6.07, 6.45) is 0. The Kier molecular flexibility index (Phi) is 5.96. The fourth-order valence-corrected chi connectivity index (χ4v) is 4.12. The Balaban J connectivity index is 1.78. The lowest BCUT2D eigenvalue weighted by Crippen LogP contribution is -2.12. The van der Waals surface area contributed by atoms with Gasteiger partial charge in [0.25, 0.3) is 5.91 Å². The molecular weight excluding hydrogens is 364 g/mol. The van der Waals surface area contributed by atoms with Crippen LogP contribution in [0.2, 0.25) is 0 Å². The third-order valence-electron chi connectivity index (χ3n) is 3.85. The number of ether oxygens (including phenoxy) is 1. The highest BCUT2D eigenvalue weighted by Gasteiger charge is 2.14. The number of aromatic nitrogens is 1. The number of carbonyl (C=O) groups is 1. The van der Waals surface area contributed by atoms with Crippen LogP contribution in [0.15, 0.2) is 52.7 Å². The van der Waals surface area contributed by atoms with Crippen LogP contribution in [0.3, 0.4) is 0 Å². The normalized spacial score (nSPS) is 10.6. The van der Waals surface area contributed by atoms with Crippen LogP contribution in [0.5, 0.6) is 5.75 Å². The Morgan fingerprint density at radius 1 is 1.27 bits per heavy atom. The zero-order valence-electron chi connectivity index (χ0n) is 14.9. The van der Waals surface area contributed by atoms with Gasteiger partial charge in [0.15, 0.2) is 5.13 Å². The van der Waals surface area contributed by atoms with E-state index in [4.69, 9.17) is 4.74 Å². The number of anilines is 1. The Morgan fingerprint density at radius 2 is 2.08 bits per heavy atom. The number of thiazole rings is 1. The van der Waals surface area contributed by atoms with Crippen molar-refractivity contribution in [3.05, 3.63) is 59.0 Å². The highest BCUT2D eigenvalue weighted by atomic mass is 32.2. The second-order valence-electron chi connectivity index (χ2n) is 5.61. The molecule has 134 valence electrons. The Hall–Kier alpha value is -2.31. The smallest absolute Gasteiger partial charge is 0.258 e. The molecule has 6 heteroatoms. The van der Waals surface area contributed by atoms with Gasteiger partial charge in [-0.2, -0.15) is 0 Å². The second-order valence-corrected chi connectivity index (χ2v) is 7.77. The van der Waals surface area contributed by atoms with E-state index in [2.05, 4.69) is 17.2 Å². The zero-order chi connectivity index (χ0) is 18.5. The van der Waals surface area contributed by atoms with Crippen LogP contribution >= 0.6 is 23.1 Å². The van der Waals surface area contributed by atoms with Crippen molar-refractivity contribution in [2.75, 3.05) is 18.2 Å². The van der Waals surface area contributed by atoms with E-state index >= 15 is 0 Å². The third-order valence-corrected chi connectivity index (χ3v) is 5.56. The van der Waals surface area contributed by atoms with Crippen molar-refractivity contribution in [3.8, 4) is 17.0 Å². The highest BCUT2D eigenvalue weighted by Crippen LogP contribution is 2.29. The molecule has 3 rings (SSSR count). The predicted molar refractivity (Wildman–Crippen MR) is 110 cm³/mol. The van der Waals surface area contributed by atoms with Gasteiger partial charge in [0.05, 0.1) is 18.4 Å². The fraction of sp³-hybridized carbons (Fsp3) is 0.200. The molecule has 0 saturated carbocycles. The van der Waals surface area contributed by atoms with E-state index in [1.165, 1.54) is 11.3 Å². The molecule has 26 heavy (non-hydrogen) atoms. The summed E-state index contributed by atoms with van der Waals surface area (Å²) < 4.78 is 5.30. The summed E-state index contributed by atoms with van der Waals surface area (Å²) in [5.41, 5.74) is 3.57. The fourth-order valence-electron chi connectivity index (χ4n) is 2.60. The molecule has 0 spiro atoms. The van der Waals surface area contributed by atoms with Crippen LogP contribution in [-0.2, 0) is 0 Å². The molecule has 0 atom stereocenters. The number of nitrogens with zero attached hydrogens (tertiary/aromatic N) is 1. The Labute approximate surface area is 161 Å². The SMILES string of the molecule is CCSc1ccccc1C(=O)Nc1nc(-c2ccc(OC)c(C)c2)cs1. The van der Waals surface area contributed by atoms with Crippen LogP contribution in [0.4, 0.5) is 5.13 Å². The molecule has 0 bridgehead atoms. The van der Waals surface area contributed by atoms with Crippen LogP contribution in [0.25, 0.3) is 11.3 Å². The number of thioether (sulfide) groups is 1. The van der Waals surface area contributed by atoms with E-state index in [1.54, 1.807) is 18.9 Å². The van der Waals surface area contributed by atoms with Gasteiger partial charge in [0.1, 0.15) is 5.75 Å². The first-order chi connectivity index (χ1) is 12.6. The first kappa shape index (κ1) is 18.5. The Bertz CT molecular complexity index is 922. The number of aryl methyl sites for hydroxylation is 1. The minimum Gasteiger partial charge on any atom is -0.496 e. The van der Waals surface area contributed by atoms with Crippen molar-refractivity contribution in [1.82, 2.24) is 4.98 Å². The average Bonchev–Trinajstić information content (AvgIpc) is 3.11. The quantitative estimate of drug-likeness (QED) is 0.571. The molecule has 1 N–H and O–H groups in total. The summed E-state index contributed by atoms with van der Waals surface area (Å²) in [4.78, 5) is 18.2. The zero-order valence-corrected chi connectivity index (χ0v) is 16.5. The number of rotatable bonds is 6. The summed E-state index contributed by atoms with van der Waals surface area (Å²) in [5.74, 6) is 1.64. The summed E-state index contributed by atoms with van der Waals surface area (Å²) >= 11 is 3.08. The molecule has 0 unspecified atom stereocenters. The summed E-state index contributed by atoms with van der Waals surface area (Å²) in [7, 11) is 1.66. The summed E-state index contributed by atoms with van der Waals surface area (Å²) in [6, 6.07) is 13.6. The van der Waals surface area contributed by atoms with Gasteiger partial charge < -0.3 is 4.74 Å². The molecule has 0 radical (unpaired) electrons. The monoisotopic (exact) mass is 384 g/mol. The summed E-state index contributed by atoms with van der Waals surface area (Å²) in [6.45, 7) is 4.07. The van der Waals surface area contributed by atoms with Crippen molar-refractivity contribution in [2.45, 2.75) is 18.7 Å². The molecule has 4 nitrogen and oxygen atoms in total. The molecule has 1 aromatic heterocycles. The van der Waals surface area contributed by atoms with Crippen LogP contribution in [-0.4, -0.2) is 23.8 Å². The molecule has 0 fully saturated rings. The second kappa shape index (κ2) is 8.38. The summed E-state index contributed by atoms with van der Waals surface area (Å²) in [5, 5.41) is 5.46. The average molecular weight is 385 g/mol. The van der Waals surface area contributed by atoms with Gasteiger partial charge in [-0.3, -0.25) is 10.1 Å². The number of nitrogens with one attached hydrogen (secondary N) is 1. The minimum atomic E-state index is -0.131. The van der Waals surface area contributed by atoms with Gasteiger partial charge >= 0.3 is 0 Å². The molecule has 0 saturated heterocycles. The lowest BCUT2D eigenvalue weighted by molar-refractivity contribution is 0.102. The molecule has 0 aliphatic rings. The first-order valence-corrected chi connectivity index (χ1v) is 10.1. The van der Waals surface area contributed by atoms with Gasteiger partial charge in [0, 0.05) is 15.8 Å². The molecule has 2 aromatic carbocycles. The van der Waals surface area contributed by atoms with Crippen molar-refractivity contribution in [2.24, 2.45) is 0 Å². The lowest BCUT2D eigenvalue weighted by atomic mass is 10.1. The van der Waals surface area contributed by atoms with E-state index in [0.717, 1.165) is 33.2 Å². The predicted octanol–water partition coefficient (Wildman–Crippen LogP) is 5.49. The van der Waals surface area contributed by atoms with Crippen molar-refractivity contribution in [3.63, 3.8) is 0 Å². The van der Waals surface area contributed by atoms with Gasteiger partial charge in [-0.15, -0.1) is 23.1 Å². The topological polar surface area (TPSA) is 51.2 Å². The van der Waals surface area contributed by atoms with E-state index < -0.39 is 0 Å². The maximum atomic E-state index is 12.6. The van der Waals surface area contributed by atoms with Gasteiger partial charge in [-0.1, -0.05) is 19.1 Å². The van der Waals surface area contributed by atoms with Crippen LogP contribution in [0, 0.1) is 6.92 Å². The van der Waals surface area contributed by atoms with E-state index in [1.807, 2.05) is 54.8 Å². The lowest BCUT2D eigenvalue weighted by Gasteiger charge is -2.07. The third kappa shape index (κ3) is 4.08. The number of carbonyl (C=O) groups excluding carboxylic acids is 1. The maximum absolute atomic E-state index is 12.6. The molecule has 0 aliphatic heterocycles. The number of amides is 1. The number of hydrogen-bond acceptors (Lipinski definition) is 5. The number of methoxy groups -OCH3 is 1. The maximum Gasteiger partial charge on any atom is 0.258 e. The first-order valence-electron chi connectivity index (χ1n) is 8.26. The Morgan fingerprint density at radius 3 is 2.81 bits per heavy atom. The van der Waals surface area contributed by atoms with Crippen molar-refractivity contribution >= 4 is 34.1 Å². The van der Waals surface area contributed by atoms with E-state index in [9.17, 15) is 4.79 Å². The standard InChI is InChI=1S/C20H20N2O2S2/c1-4-25-18-8-6-5-7-15(18)19(23)22-20-21-16(12-26-20)14-9-10-17(24-3)13(2)11-14/h5-12H,4H2,1-3H3,(H,21,22,23). The van der Waals surface area contributed by atoms with E-state index in [-0.39, 0.29) is 5.91 Å². The van der Waals surface area contributed by atoms with Crippen molar-refractivity contribution < 1.29 is 9.53 Å². The van der Waals surface area contributed by atoms with Gasteiger partial charge in [-0.25, -0.2) is 4.98 Å². The number of benzene rings is 2. The molecule has 1 amide bonds.